The summed E-state index contributed by atoms with van der Waals surface area (Å²) in [6, 6.07) is 8.27. The predicted octanol–water partition coefficient (Wildman–Crippen LogP) is 1.17. The van der Waals surface area contributed by atoms with Crippen LogP contribution in [-0.4, -0.2) is 21.0 Å². The predicted molar refractivity (Wildman–Crippen MR) is 77.9 cm³/mol. The molecule has 0 fully saturated rings. The van der Waals surface area contributed by atoms with Crippen LogP contribution in [-0.2, 0) is 0 Å². The van der Waals surface area contributed by atoms with Gasteiger partial charge in [0.2, 0.25) is 0 Å². The third kappa shape index (κ3) is 3.23. The molecule has 0 atom stereocenters. The lowest BCUT2D eigenvalue weighted by Gasteiger charge is -2.07. The zero-order chi connectivity index (χ0) is 13.8. The second-order valence-corrected chi connectivity index (χ2v) is 4.16. The van der Waals surface area contributed by atoms with E-state index in [9.17, 15) is 9.59 Å². The molecule has 7 heteroatoms. The molecule has 0 aliphatic heterocycles. The molecule has 4 N–H and O–H groups in total. The van der Waals surface area contributed by atoms with Crippen LogP contribution in [0.25, 0.3) is 0 Å². The summed E-state index contributed by atoms with van der Waals surface area (Å²) in [7, 11) is 0. The first-order valence-corrected chi connectivity index (χ1v) is 5.75. The Morgan fingerprint density at radius 1 is 1.26 bits per heavy atom. The molecule has 0 aliphatic rings. The number of hydrogen-bond donors (Lipinski definition) is 4. The summed E-state index contributed by atoms with van der Waals surface area (Å²) in [6.45, 7) is 0. The van der Waals surface area contributed by atoms with Crippen LogP contribution in [0, 0.1) is 5.41 Å². The van der Waals surface area contributed by atoms with Gasteiger partial charge >= 0.3 is 5.69 Å². The Morgan fingerprint density at radius 2 is 2.05 bits per heavy atom. The second kappa shape index (κ2) is 5.40. The fourth-order valence-electron chi connectivity index (χ4n) is 1.53. The number of aromatic amines is 2. The zero-order valence-corrected chi connectivity index (χ0v) is 10.5. The van der Waals surface area contributed by atoms with E-state index < -0.39 is 11.2 Å². The van der Waals surface area contributed by atoms with Gasteiger partial charge in [0.25, 0.3) is 5.56 Å². The molecule has 0 aliphatic carbocycles. The van der Waals surface area contributed by atoms with Crippen LogP contribution in [0.1, 0.15) is 5.56 Å². The fraction of sp³-hybridized carbons (Fsp3) is 0. The normalized spacial score (nSPS) is 9.89. The smallest absolute Gasteiger partial charge is 0.327 e. The van der Waals surface area contributed by atoms with Crippen molar-refractivity contribution in [3.63, 3.8) is 0 Å². The lowest BCUT2D eigenvalue weighted by molar-refractivity contribution is 1.04. The lowest BCUT2D eigenvalue weighted by Crippen LogP contribution is -2.22. The maximum Gasteiger partial charge on any atom is 0.327 e. The van der Waals surface area contributed by atoms with E-state index in [1.807, 2.05) is 0 Å². The number of thiocarbonyl (C=S) groups is 1. The summed E-state index contributed by atoms with van der Waals surface area (Å²) in [6.07, 6.45) is 1.09. The van der Waals surface area contributed by atoms with Gasteiger partial charge in [-0.1, -0.05) is 24.4 Å². The van der Waals surface area contributed by atoms with Crippen LogP contribution in [0.4, 0.5) is 11.5 Å². The Labute approximate surface area is 113 Å². The van der Waals surface area contributed by atoms with Gasteiger partial charge in [0, 0.05) is 18.0 Å². The van der Waals surface area contributed by atoms with Gasteiger partial charge in [0.15, 0.2) is 0 Å². The van der Waals surface area contributed by atoms with Gasteiger partial charge in [0.1, 0.15) is 5.82 Å². The van der Waals surface area contributed by atoms with Gasteiger partial charge in [-0.05, 0) is 17.7 Å². The van der Waals surface area contributed by atoms with Crippen LogP contribution in [0.3, 0.4) is 0 Å². The minimum Gasteiger partial charge on any atom is -0.342 e. The first kappa shape index (κ1) is 12.9. The summed E-state index contributed by atoms with van der Waals surface area (Å²) >= 11 is 5.00. The van der Waals surface area contributed by atoms with E-state index in [4.69, 9.17) is 17.6 Å². The maximum absolute atomic E-state index is 11.2. The molecule has 0 radical (unpaired) electrons. The van der Waals surface area contributed by atoms with E-state index in [0.717, 1.165) is 6.21 Å². The Morgan fingerprint density at radius 3 is 2.74 bits per heavy atom. The van der Waals surface area contributed by atoms with Crippen LogP contribution in [0.15, 0.2) is 39.9 Å². The number of H-pyrrole nitrogens is 2. The third-order valence-corrected chi connectivity index (χ3v) is 2.67. The standard InChI is InChI=1S/C12H10N4O2S/c13-6-9(19)7-2-1-3-8(4-7)14-10-5-11(17)16-12(18)15-10/h1-6,13H,(H3,14,15,16,17,18). The molecular formula is C12H10N4O2S. The molecule has 0 saturated carbocycles. The van der Waals surface area contributed by atoms with E-state index in [0.29, 0.717) is 16.1 Å². The van der Waals surface area contributed by atoms with Gasteiger partial charge in [-0.3, -0.25) is 14.8 Å². The fourth-order valence-corrected chi connectivity index (χ4v) is 1.65. The van der Waals surface area contributed by atoms with Crippen molar-refractivity contribution in [1.82, 2.24) is 9.97 Å². The quantitative estimate of drug-likeness (QED) is 0.382. The monoisotopic (exact) mass is 274 g/mol. The van der Waals surface area contributed by atoms with Crippen molar-refractivity contribution in [1.29, 1.82) is 5.41 Å². The number of anilines is 2. The summed E-state index contributed by atoms with van der Waals surface area (Å²) in [5, 5.41) is 10.0. The van der Waals surface area contributed by atoms with Crippen LogP contribution in [0.5, 0.6) is 0 Å². The first-order valence-electron chi connectivity index (χ1n) is 5.34. The number of rotatable bonds is 4. The number of aromatic nitrogens is 2. The highest BCUT2D eigenvalue weighted by Gasteiger charge is 2.01. The van der Waals surface area contributed by atoms with Crippen molar-refractivity contribution in [2.24, 2.45) is 0 Å². The van der Waals surface area contributed by atoms with Gasteiger partial charge in [0.05, 0.1) is 4.86 Å². The number of benzene rings is 1. The summed E-state index contributed by atoms with van der Waals surface area (Å²) in [5.74, 6) is 0.284. The van der Waals surface area contributed by atoms with E-state index in [-0.39, 0.29) is 5.82 Å². The molecule has 0 amide bonds. The molecule has 0 saturated heterocycles. The Kier molecular flexibility index (Phi) is 3.67. The minimum atomic E-state index is -0.582. The highest BCUT2D eigenvalue weighted by molar-refractivity contribution is 7.82. The average molecular weight is 274 g/mol. The molecule has 1 aromatic heterocycles. The van der Waals surface area contributed by atoms with E-state index in [1.165, 1.54) is 6.07 Å². The SMILES string of the molecule is N=CC(=S)c1cccc(Nc2cc(=O)[nH]c(=O)[nH]2)c1. The molecule has 19 heavy (non-hydrogen) atoms. The van der Waals surface area contributed by atoms with Crippen LogP contribution < -0.4 is 16.6 Å². The molecule has 6 nitrogen and oxygen atoms in total. The summed E-state index contributed by atoms with van der Waals surface area (Å²) in [5.41, 5.74) is 0.295. The Balaban J connectivity index is 2.33. The van der Waals surface area contributed by atoms with E-state index >= 15 is 0 Å². The Bertz CT molecular complexity index is 719. The summed E-state index contributed by atoms with van der Waals surface area (Å²) < 4.78 is 0. The van der Waals surface area contributed by atoms with Crippen molar-refractivity contribution < 1.29 is 0 Å². The van der Waals surface area contributed by atoms with E-state index in [2.05, 4.69) is 15.3 Å². The van der Waals surface area contributed by atoms with Crippen molar-refractivity contribution in [3.8, 4) is 0 Å². The van der Waals surface area contributed by atoms with Crippen molar-refractivity contribution in [2.45, 2.75) is 0 Å². The largest absolute Gasteiger partial charge is 0.342 e. The maximum atomic E-state index is 11.2. The molecule has 1 aromatic carbocycles. The molecule has 2 rings (SSSR count). The van der Waals surface area contributed by atoms with Gasteiger partial charge in [-0.2, -0.15) is 0 Å². The summed E-state index contributed by atoms with van der Waals surface area (Å²) in [4.78, 5) is 27.2. The van der Waals surface area contributed by atoms with Crippen molar-refractivity contribution in [3.05, 3.63) is 56.7 Å². The third-order valence-electron chi connectivity index (χ3n) is 2.32. The minimum absolute atomic E-state index is 0.284. The van der Waals surface area contributed by atoms with Crippen LogP contribution >= 0.6 is 12.2 Å². The van der Waals surface area contributed by atoms with Gasteiger partial charge in [-0.25, -0.2) is 4.79 Å². The zero-order valence-electron chi connectivity index (χ0n) is 9.69. The lowest BCUT2D eigenvalue weighted by atomic mass is 10.1. The number of nitrogens with one attached hydrogen (secondary N) is 4. The van der Waals surface area contributed by atoms with Crippen LogP contribution in [0.2, 0.25) is 0 Å². The molecule has 2 aromatic rings. The Hall–Kier alpha value is -2.54. The van der Waals surface area contributed by atoms with Gasteiger partial charge in [-0.15, -0.1) is 0 Å². The topological polar surface area (TPSA) is 102 Å². The molecule has 1 heterocycles. The highest BCUT2D eigenvalue weighted by Crippen LogP contribution is 2.14. The molecule has 0 unspecified atom stereocenters. The van der Waals surface area contributed by atoms with Crippen molar-refractivity contribution in [2.75, 3.05) is 5.32 Å². The average Bonchev–Trinajstić information content (AvgIpc) is 2.37. The van der Waals surface area contributed by atoms with E-state index in [1.54, 1.807) is 24.3 Å². The van der Waals surface area contributed by atoms with Gasteiger partial charge < -0.3 is 10.7 Å². The first-order chi connectivity index (χ1) is 9.08. The molecular weight excluding hydrogens is 264 g/mol. The highest BCUT2D eigenvalue weighted by atomic mass is 32.1. The number of hydrogen-bond acceptors (Lipinski definition) is 5. The molecule has 96 valence electrons. The molecule has 0 spiro atoms. The molecule has 0 bridgehead atoms. The van der Waals surface area contributed by atoms with Crippen molar-refractivity contribution >= 4 is 34.8 Å². The second-order valence-electron chi connectivity index (χ2n) is 3.72.